The monoisotopic (exact) mass is 205 g/mol. The summed E-state index contributed by atoms with van der Waals surface area (Å²) < 4.78 is 1.01. The van der Waals surface area contributed by atoms with Gasteiger partial charge < -0.3 is 5.11 Å². The maximum atomic E-state index is 10.4. The standard InChI is InChI=1S/C7H11NO2S2/c1-4-5(3-6(9)10)12-7(8-4)11-2/h4-5H,3H2,1-2H3,(H,9,10). The first-order chi connectivity index (χ1) is 5.63. The van der Waals surface area contributed by atoms with Crippen molar-refractivity contribution in [2.75, 3.05) is 6.26 Å². The molecule has 0 aromatic rings. The van der Waals surface area contributed by atoms with Crippen molar-refractivity contribution in [3.8, 4) is 0 Å². The SMILES string of the molecule is CSC1=NC(C)C(CC(=O)O)S1. The smallest absolute Gasteiger partial charge is 0.304 e. The molecule has 0 radical (unpaired) electrons. The molecule has 0 saturated carbocycles. The summed E-state index contributed by atoms with van der Waals surface area (Å²) in [7, 11) is 0. The van der Waals surface area contributed by atoms with Crippen LogP contribution in [-0.2, 0) is 4.79 Å². The van der Waals surface area contributed by atoms with Crippen LogP contribution in [0.5, 0.6) is 0 Å². The summed E-state index contributed by atoms with van der Waals surface area (Å²) in [5.74, 6) is -0.739. The Balaban J connectivity index is 2.47. The van der Waals surface area contributed by atoms with Crippen molar-refractivity contribution < 1.29 is 9.90 Å². The summed E-state index contributed by atoms with van der Waals surface area (Å²) in [6, 6.07) is 0.147. The minimum atomic E-state index is -0.739. The predicted octanol–water partition coefficient (Wildman–Crippen LogP) is 1.68. The van der Waals surface area contributed by atoms with Crippen LogP contribution in [0.25, 0.3) is 0 Å². The van der Waals surface area contributed by atoms with Crippen LogP contribution >= 0.6 is 23.5 Å². The number of hydrogen-bond acceptors (Lipinski definition) is 4. The topological polar surface area (TPSA) is 49.7 Å². The molecule has 68 valence electrons. The molecule has 2 atom stereocenters. The molecular weight excluding hydrogens is 194 g/mol. The largest absolute Gasteiger partial charge is 0.481 e. The molecule has 0 aromatic carbocycles. The van der Waals surface area contributed by atoms with Crippen molar-refractivity contribution in [1.82, 2.24) is 0 Å². The second kappa shape index (κ2) is 4.18. The van der Waals surface area contributed by atoms with Gasteiger partial charge in [0, 0.05) is 5.25 Å². The van der Waals surface area contributed by atoms with Gasteiger partial charge in [-0.3, -0.25) is 9.79 Å². The third-order valence-corrected chi connectivity index (χ3v) is 4.06. The first-order valence-corrected chi connectivity index (χ1v) is 5.74. The highest BCUT2D eigenvalue weighted by Crippen LogP contribution is 2.33. The number of thioether (sulfide) groups is 2. The van der Waals surface area contributed by atoms with Crippen molar-refractivity contribution >= 4 is 33.9 Å². The van der Waals surface area contributed by atoms with E-state index in [1.165, 1.54) is 0 Å². The van der Waals surface area contributed by atoms with Crippen LogP contribution in [0.3, 0.4) is 0 Å². The quantitative estimate of drug-likeness (QED) is 0.745. The Bertz CT molecular complexity index is 217. The van der Waals surface area contributed by atoms with Gasteiger partial charge in [-0.05, 0) is 13.2 Å². The zero-order valence-corrected chi connectivity index (χ0v) is 8.61. The van der Waals surface area contributed by atoms with E-state index >= 15 is 0 Å². The minimum absolute atomic E-state index is 0.130. The summed E-state index contributed by atoms with van der Waals surface area (Å²) in [6.07, 6.45) is 2.17. The molecule has 1 N–H and O–H groups in total. The molecule has 12 heavy (non-hydrogen) atoms. The van der Waals surface area contributed by atoms with Gasteiger partial charge in [0.05, 0.1) is 12.5 Å². The van der Waals surface area contributed by atoms with Gasteiger partial charge >= 0.3 is 5.97 Å². The van der Waals surface area contributed by atoms with Gasteiger partial charge in [-0.1, -0.05) is 11.8 Å². The van der Waals surface area contributed by atoms with Crippen molar-refractivity contribution in [2.24, 2.45) is 4.99 Å². The Morgan fingerprint density at radius 1 is 1.83 bits per heavy atom. The van der Waals surface area contributed by atoms with Gasteiger partial charge in [-0.2, -0.15) is 0 Å². The van der Waals surface area contributed by atoms with Gasteiger partial charge in [-0.15, -0.1) is 11.8 Å². The first kappa shape index (κ1) is 9.92. The lowest BCUT2D eigenvalue weighted by Crippen LogP contribution is -2.17. The van der Waals surface area contributed by atoms with Crippen molar-refractivity contribution in [3.05, 3.63) is 0 Å². The van der Waals surface area contributed by atoms with E-state index < -0.39 is 5.97 Å². The van der Waals surface area contributed by atoms with Gasteiger partial charge in [0.15, 0.2) is 0 Å². The second-order valence-electron chi connectivity index (χ2n) is 2.59. The molecule has 1 heterocycles. The molecular formula is C7H11NO2S2. The summed E-state index contributed by atoms with van der Waals surface area (Å²) >= 11 is 3.17. The highest BCUT2D eigenvalue weighted by molar-refractivity contribution is 8.39. The first-order valence-electron chi connectivity index (χ1n) is 3.63. The van der Waals surface area contributed by atoms with E-state index in [0.717, 1.165) is 4.38 Å². The lowest BCUT2D eigenvalue weighted by molar-refractivity contribution is -0.137. The fourth-order valence-electron chi connectivity index (χ4n) is 0.993. The molecule has 0 amide bonds. The number of aliphatic carboxylic acids is 1. The Hall–Kier alpha value is -0.160. The maximum Gasteiger partial charge on any atom is 0.304 e. The van der Waals surface area contributed by atoms with E-state index in [-0.39, 0.29) is 17.7 Å². The Morgan fingerprint density at radius 2 is 2.50 bits per heavy atom. The van der Waals surface area contributed by atoms with Crippen LogP contribution in [-0.4, -0.2) is 33.0 Å². The third kappa shape index (κ3) is 2.42. The molecule has 0 aliphatic carbocycles. The van der Waals surface area contributed by atoms with Gasteiger partial charge in [-0.25, -0.2) is 0 Å². The van der Waals surface area contributed by atoms with E-state index in [4.69, 9.17) is 5.11 Å². The van der Waals surface area contributed by atoms with Crippen molar-refractivity contribution in [3.63, 3.8) is 0 Å². The zero-order valence-electron chi connectivity index (χ0n) is 6.98. The Morgan fingerprint density at radius 3 is 2.92 bits per heavy atom. The summed E-state index contributed by atoms with van der Waals surface area (Å²) in [5, 5.41) is 8.71. The summed E-state index contributed by atoms with van der Waals surface area (Å²) in [5.41, 5.74) is 0. The summed E-state index contributed by atoms with van der Waals surface area (Å²) in [4.78, 5) is 14.7. The maximum absolute atomic E-state index is 10.4. The molecule has 1 aliphatic heterocycles. The fourth-order valence-corrected chi connectivity index (χ4v) is 2.99. The number of carbonyl (C=O) groups is 1. The number of hydrogen-bond donors (Lipinski definition) is 1. The molecule has 0 saturated heterocycles. The number of rotatable bonds is 2. The molecule has 0 aromatic heterocycles. The average molecular weight is 205 g/mol. The molecule has 0 bridgehead atoms. The highest BCUT2D eigenvalue weighted by atomic mass is 32.2. The number of nitrogens with zero attached hydrogens (tertiary/aromatic N) is 1. The van der Waals surface area contributed by atoms with E-state index in [0.29, 0.717) is 0 Å². The molecule has 0 fully saturated rings. The summed E-state index contributed by atoms with van der Waals surface area (Å²) in [6.45, 7) is 1.96. The van der Waals surface area contributed by atoms with E-state index in [1.807, 2.05) is 13.2 Å². The van der Waals surface area contributed by atoms with Crippen LogP contribution in [0.1, 0.15) is 13.3 Å². The number of carboxylic acids is 1. The molecule has 2 unspecified atom stereocenters. The zero-order chi connectivity index (χ0) is 9.14. The van der Waals surface area contributed by atoms with Crippen molar-refractivity contribution in [1.29, 1.82) is 0 Å². The van der Waals surface area contributed by atoms with Crippen LogP contribution < -0.4 is 0 Å². The normalized spacial score (nSPS) is 28.7. The van der Waals surface area contributed by atoms with Gasteiger partial charge in [0.25, 0.3) is 0 Å². The number of carboxylic acid groups (broad SMARTS) is 1. The van der Waals surface area contributed by atoms with E-state index in [9.17, 15) is 4.79 Å². The van der Waals surface area contributed by atoms with E-state index in [1.54, 1.807) is 23.5 Å². The molecule has 0 spiro atoms. The molecule has 1 aliphatic rings. The van der Waals surface area contributed by atoms with E-state index in [2.05, 4.69) is 4.99 Å². The predicted molar refractivity (Wildman–Crippen MR) is 54.0 cm³/mol. The fraction of sp³-hybridized carbons (Fsp3) is 0.714. The molecule has 3 nitrogen and oxygen atoms in total. The van der Waals surface area contributed by atoms with Crippen LogP contribution in [0.4, 0.5) is 0 Å². The third-order valence-electron chi connectivity index (χ3n) is 1.65. The second-order valence-corrected chi connectivity index (χ2v) is 4.88. The minimum Gasteiger partial charge on any atom is -0.481 e. The lowest BCUT2D eigenvalue weighted by atomic mass is 10.2. The van der Waals surface area contributed by atoms with Crippen molar-refractivity contribution in [2.45, 2.75) is 24.6 Å². The lowest BCUT2D eigenvalue weighted by Gasteiger charge is -2.08. The Labute approximate surface area is 80.0 Å². The average Bonchev–Trinajstić information content (AvgIpc) is 2.31. The van der Waals surface area contributed by atoms with Gasteiger partial charge in [0.2, 0.25) is 0 Å². The number of aliphatic imine (C=N–C) groups is 1. The molecule has 5 heteroatoms. The van der Waals surface area contributed by atoms with Crippen LogP contribution in [0.15, 0.2) is 4.99 Å². The Kier molecular flexibility index (Phi) is 3.46. The molecule has 1 rings (SSSR count). The van der Waals surface area contributed by atoms with Crippen LogP contribution in [0, 0.1) is 0 Å². The van der Waals surface area contributed by atoms with Gasteiger partial charge in [0.1, 0.15) is 4.38 Å². The van der Waals surface area contributed by atoms with Crippen LogP contribution in [0.2, 0.25) is 0 Å². The highest BCUT2D eigenvalue weighted by Gasteiger charge is 2.28.